The third-order valence-electron chi connectivity index (χ3n) is 16.3. The van der Waals surface area contributed by atoms with Gasteiger partial charge in [-0.15, -0.1) is 6.58 Å². The summed E-state index contributed by atoms with van der Waals surface area (Å²) in [4.78, 5) is 41.3. The van der Waals surface area contributed by atoms with Crippen molar-refractivity contribution in [2.75, 3.05) is 19.6 Å². The fourth-order valence-electron chi connectivity index (χ4n) is 13.9. The zero-order valence-electron chi connectivity index (χ0n) is 32.2. The predicted molar refractivity (Wildman–Crippen MR) is 197 cm³/mol. The van der Waals surface area contributed by atoms with Gasteiger partial charge in [-0.3, -0.25) is 9.59 Å². The van der Waals surface area contributed by atoms with Gasteiger partial charge in [0.2, 0.25) is 5.91 Å². The van der Waals surface area contributed by atoms with Crippen LogP contribution in [0, 0.1) is 69.5 Å². The van der Waals surface area contributed by atoms with E-state index in [0.29, 0.717) is 47.3 Å². The van der Waals surface area contributed by atoms with Gasteiger partial charge in [0.1, 0.15) is 12.4 Å². The van der Waals surface area contributed by atoms with E-state index in [1.807, 2.05) is 13.8 Å². The highest BCUT2D eigenvalue weighted by Crippen LogP contribution is 2.72. The van der Waals surface area contributed by atoms with Gasteiger partial charge in [0.25, 0.3) is 0 Å². The van der Waals surface area contributed by atoms with E-state index in [4.69, 9.17) is 4.74 Å². The van der Waals surface area contributed by atoms with Crippen molar-refractivity contribution in [3.05, 3.63) is 12.7 Å². The molecule has 1 heterocycles. The van der Waals surface area contributed by atoms with E-state index in [1.54, 1.807) is 6.08 Å². The van der Waals surface area contributed by atoms with Gasteiger partial charge in [0.15, 0.2) is 0 Å². The van der Waals surface area contributed by atoms with Crippen molar-refractivity contribution in [3.8, 4) is 0 Å². The maximum Gasteiger partial charge on any atom is 0.309 e. The Kier molecular flexibility index (Phi) is 10.6. The second-order valence-electron chi connectivity index (χ2n) is 19.4. The van der Waals surface area contributed by atoms with Crippen molar-refractivity contribution in [1.82, 2.24) is 10.2 Å². The number of ether oxygens (including phenoxy) is 1. The minimum absolute atomic E-state index is 0.00997. The SMILES string of the molecule is C=CC.CC1C(C=O)CC1C(=O)OC1CCC2(C)C(CCC3(C)C4CCC5(C(=O)NC(C)(C)CN6CCCC6)CCCC5C4CCC23)C1C. The summed E-state index contributed by atoms with van der Waals surface area (Å²) >= 11 is 0. The Balaban J connectivity index is 0.00000134. The van der Waals surface area contributed by atoms with Crippen LogP contribution in [0.2, 0.25) is 0 Å². The molecule has 276 valence electrons. The molecule has 0 radical (unpaired) electrons. The molecule has 0 aromatic heterocycles. The first-order valence-corrected chi connectivity index (χ1v) is 20.5. The Morgan fingerprint density at radius 3 is 2.20 bits per heavy atom. The van der Waals surface area contributed by atoms with Gasteiger partial charge in [0, 0.05) is 18.0 Å². The Hall–Kier alpha value is -1.69. The largest absolute Gasteiger partial charge is 0.462 e. The Labute approximate surface area is 298 Å². The van der Waals surface area contributed by atoms with Gasteiger partial charge in [-0.05, 0) is 170 Å². The fraction of sp³-hybridized carbons (Fsp3) is 0.884. The number of fused-ring (bicyclic) bond motifs is 7. The molecule has 6 aliphatic carbocycles. The minimum atomic E-state index is -0.186. The molecular formula is C43H70N2O4. The number of esters is 1. The van der Waals surface area contributed by atoms with E-state index in [2.05, 4.69) is 51.4 Å². The molecule has 1 amide bonds. The maximum atomic E-state index is 14.3. The van der Waals surface area contributed by atoms with Gasteiger partial charge in [0.05, 0.1) is 11.3 Å². The molecule has 13 unspecified atom stereocenters. The summed E-state index contributed by atoms with van der Waals surface area (Å²) in [7, 11) is 0. The smallest absolute Gasteiger partial charge is 0.309 e. The number of aldehydes is 1. The maximum absolute atomic E-state index is 14.3. The second kappa shape index (κ2) is 14.0. The number of carbonyl (C=O) groups excluding carboxylic acids is 3. The molecule has 0 aromatic carbocycles. The first-order valence-electron chi connectivity index (χ1n) is 20.5. The molecule has 13 atom stereocenters. The molecule has 0 aromatic rings. The molecule has 7 fully saturated rings. The van der Waals surface area contributed by atoms with Gasteiger partial charge in [-0.25, -0.2) is 0 Å². The van der Waals surface area contributed by atoms with Gasteiger partial charge >= 0.3 is 5.97 Å². The van der Waals surface area contributed by atoms with Crippen LogP contribution in [0.15, 0.2) is 12.7 Å². The number of nitrogens with one attached hydrogen (secondary N) is 1. The van der Waals surface area contributed by atoms with Crippen molar-refractivity contribution in [1.29, 1.82) is 0 Å². The van der Waals surface area contributed by atoms with Crippen LogP contribution < -0.4 is 5.32 Å². The summed E-state index contributed by atoms with van der Waals surface area (Å²) in [6.45, 7) is 22.7. The number of carbonyl (C=O) groups is 3. The first-order chi connectivity index (χ1) is 23.2. The van der Waals surface area contributed by atoms with Crippen LogP contribution in [-0.2, 0) is 19.1 Å². The topological polar surface area (TPSA) is 75.7 Å². The van der Waals surface area contributed by atoms with Crippen molar-refractivity contribution >= 4 is 18.2 Å². The molecule has 6 heteroatoms. The minimum Gasteiger partial charge on any atom is -0.462 e. The Morgan fingerprint density at radius 2 is 1.53 bits per heavy atom. The first kappa shape index (κ1) is 37.1. The summed E-state index contributed by atoms with van der Waals surface area (Å²) in [5.41, 5.74) is 0.277. The van der Waals surface area contributed by atoms with E-state index in [-0.39, 0.29) is 46.2 Å². The van der Waals surface area contributed by atoms with E-state index in [1.165, 1.54) is 70.9 Å². The normalized spacial score (nSPS) is 45.9. The lowest BCUT2D eigenvalue weighted by Gasteiger charge is -2.67. The van der Waals surface area contributed by atoms with E-state index < -0.39 is 0 Å². The number of likely N-dealkylation sites (tertiary alicyclic amines) is 1. The van der Waals surface area contributed by atoms with Gasteiger partial charge < -0.3 is 19.7 Å². The van der Waals surface area contributed by atoms with Crippen molar-refractivity contribution < 1.29 is 19.1 Å². The molecule has 1 N–H and O–H groups in total. The lowest BCUT2D eigenvalue weighted by molar-refractivity contribution is -0.205. The summed E-state index contributed by atoms with van der Waals surface area (Å²) < 4.78 is 6.27. The number of hydrogen-bond acceptors (Lipinski definition) is 5. The summed E-state index contributed by atoms with van der Waals surface area (Å²) in [6.07, 6.45) is 19.0. The Morgan fingerprint density at radius 1 is 0.878 bits per heavy atom. The average molecular weight is 679 g/mol. The fourth-order valence-corrected chi connectivity index (χ4v) is 13.9. The number of allylic oxidation sites excluding steroid dienone is 1. The standard InChI is InChI=1S/C40H64N2O4.C3H6/c1-25-27(23-43)22-29(25)35(44)46-33-15-18-38(5)30(26(33)2)13-17-39(6)31-14-19-40(16-9-10-32(40)28(31)11-12-34(38)39)36(45)41-37(3,4)24-42-20-7-8-21-42;1-3-2/h23,25-34H,7-22,24H2,1-6H3,(H,41,45);3H,1H2,2H3. The van der Waals surface area contributed by atoms with E-state index >= 15 is 0 Å². The van der Waals surface area contributed by atoms with Crippen LogP contribution in [-0.4, -0.2) is 54.3 Å². The van der Waals surface area contributed by atoms with Gasteiger partial charge in [-0.1, -0.05) is 40.2 Å². The predicted octanol–water partition coefficient (Wildman–Crippen LogP) is 8.63. The number of nitrogens with zero attached hydrogens (tertiary/aromatic N) is 1. The highest BCUT2D eigenvalue weighted by atomic mass is 16.5. The van der Waals surface area contributed by atoms with Crippen LogP contribution in [0.3, 0.4) is 0 Å². The molecule has 6 nitrogen and oxygen atoms in total. The van der Waals surface area contributed by atoms with Crippen LogP contribution in [0.4, 0.5) is 0 Å². The van der Waals surface area contributed by atoms with Crippen molar-refractivity contribution in [2.24, 2.45) is 69.5 Å². The molecule has 1 saturated heterocycles. The lowest BCUT2D eigenvalue weighted by Crippen LogP contribution is -2.63. The monoisotopic (exact) mass is 679 g/mol. The number of hydrogen-bond donors (Lipinski definition) is 1. The van der Waals surface area contributed by atoms with E-state index in [9.17, 15) is 14.4 Å². The van der Waals surface area contributed by atoms with Crippen LogP contribution >= 0.6 is 0 Å². The molecule has 1 aliphatic heterocycles. The average Bonchev–Trinajstić information content (AvgIpc) is 3.72. The third kappa shape index (κ3) is 6.39. The molecule has 7 rings (SSSR count). The molecule has 0 bridgehead atoms. The number of amides is 1. The van der Waals surface area contributed by atoms with Crippen LogP contribution in [0.1, 0.15) is 138 Å². The lowest BCUT2D eigenvalue weighted by atomic mass is 9.37. The Bertz CT molecular complexity index is 1240. The summed E-state index contributed by atoms with van der Waals surface area (Å²) in [6, 6.07) is 0. The van der Waals surface area contributed by atoms with Crippen LogP contribution in [0.25, 0.3) is 0 Å². The molecule has 7 aliphatic rings. The zero-order valence-corrected chi connectivity index (χ0v) is 32.2. The number of rotatable bonds is 7. The second-order valence-corrected chi connectivity index (χ2v) is 19.4. The zero-order chi connectivity index (χ0) is 35.4. The quantitative estimate of drug-likeness (QED) is 0.166. The van der Waals surface area contributed by atoms with E-state index in [0.717, 1.165) is 44.4 Å². The highest BCUT2D eigenvalue weighted by molar-refractivity contribution is 5.84. The van der Waals surface area contributed by atoms with Crippen LogP contribution in [0.5, 0.6) is 0 Å². The molecule has 6 saturated carbocycles. The van der Waals surface area contributed by atoms with Crippen molar-refractivity contribution in [3.63, 3.8) is 0 Å². The molecular weight excluding hydrogens is 608 g/mol. The molecule has 49 heavy (non-hydrogen) atoms. The molecule has 0 spiro atoms. The summed E-state index contributed by atoms with van der Waals surface area (Å²) in [5, 5.41) is 3.63. The van der Waals surface area contributed by atoms with Crippen molar-refractivity contribution in [2.45, 2.75) is 150 Å². The highest BCUT2D eigenvalue weighted by Gasteiger charge is 2.66. The summed E-state index contributed by atoms with van der Waals surface area (Å²) in [5.74, 6) is 3.97. The van der Waals surface area contributed by atoms with Gasteiger partial charge in [-0.2, -0.15) is 0 Å². The third-order valence-corrected chi connectivity index (χ3v) is 16.3.